The van der Waals surface area contributed by atoms with Gasteiger partial charge in [0.2, 0.25) is 0 Å². The molecule has 0 aliphatic heterocycles. The molecule has 19 heavy (non-hydrogen) atoms. The van der Waals surface area contributed by atoms with Crippen LogP contribution < -0.4 is 14.8 Å². The summed E-state index contributed by atoms with van der Waals surface area (Å²) in [5.41, 5.74) is 1.17. The standard InChI is InChI=1S/C14H23NO3.ClH/c1-5-18-14-8-12(6-7-13(14)17-4)9-15-11(2)10-16-3;/h6-8,11,15H,5,9-10H2,1-4H3;1H. The maximum Gasteiger partial charge on any atom is 0.161 e. The lowest BCUT2D eigenvalue weighted by Crippen LogP contribution is -2.29. The lowest BCUT2D eigenvalue weighted by Gasteiger charge is -2.14. The molecular weight excluding hydrogens is 266 g/mol. The van der Waals surface area contributed by atoms with E-state index in [1.807, 2.05) is 25.1 Å². The van der Waals surface area contributed by atoms with Gasteiger partial charge in [0, 0.05) is 19.7 Å². The fourth-order valence-corrected chi connectivity index (χ4v) is 1.70. The highest BCUT2D eigenvalue weighted by atomic mass is 35.5. The number of benzene rings is 1. The van der Waals surface area contributed by atoms with Crippen molar-refractivity contribution in [3.05, 3.63) is 23.8 Å². The molecule has 110 valence electrons. The fourth-order valence-electron chi connectivity index (χ4n) is 1.70. The molecule has 0 saturated carbocycles. The van der Waals surface area contributed by atoms with Gasteiger partial charge in [-0.1, -0.05) is 6.07 Å². The average Bonchev–Trinajstić information content (AvgIpc) is 2.37. The van der Waals surface area contributed by atoms with E-state index in [1.165, 1.54) is 5.56 Å². The Morgan fingerprint density at radius 3 is 2.53 bits per heavy atom. The van der Waals surface area contributed by atoms with Crippen molar-refractivity contribution in [1.29, 1.82) is 0 Å². The highest BCUT2D eigenvalue weighted by Gasteiger charge is 2.06. The van der Waals surface area contributed by atoms with Crippen molar-refractivity contribution in [3.63, 3.8) is 0 Å². The van der Waals surface area contributed by atoms with E-state index in [4.69, 9.17) is 14.2 Å². The minimum Gasteiger partial charge on any atom is -0.493 e. The first-order valence-electron chi connectivity index (χ1n) is 6.23. The molecule has 5 heteroatoms. The van der Waals surface area contributed by atoms with Crippen molar-refractivity contribution in [3.8, 4) is 11.5 Å². The SMILES string of the molecule is CCOc1cc(CNC(C)COC)ccc1OC.Cl. The van der Waals surface area contributed by atoms with Crippen LogP contribution in [-0.4, -0.2) is 33.5 Å². The molecule has 1 aromatic carbocycles. The normalized spacial score (nSPS) is 11.6. The number of rotatable bonds is 8. The Balaban J connectivity index is 0.00000324. The maximum absolute atomic E-state index is 5.55. The summed E-state index contributed by atoms with van der Waals surface area (Å²) in [5.74, 6) is 1.56. The van der Waals surface area contributed by atoms with Crippen LogP contribution in [0.25, 0.3) is 0 Å². The molecule has 0 aliphatic rings. The zero-order chi connectivity index (χ0) is 13.4. The molecule has 0 saturated heterocycles. The van der Waals surface area contributed by atoms with E-state index in [1.54, 1.807) is 14.2 Å². The molecule has 1 N–H and O–H groups in total. The third-order valence-electron chi connectivity index (χ3n) is 2.60. The van der Waals surface area contributed by atoms with Crippen LogP contribution in [0.4, 0.5) is 0 Å². The van der Waals surface area contributed by atoms with Crippen LogP contribution in [0.1, 0.15) is 19.4 Å². The molecule has 1 atom stereocenters. The quantitative estimate of drug-likeness (QED) is 0.799. The summed E-state index contributed by atoms with van der Waals surface area (Å²) in [4.78, 5) is 0. The van der Waals surface area contributed by atoms with Gasteiger partial charge in [0.1, 0.15) is 0 Å². The summed E-state index contributed by atoms with van der Waals surface area (Å²) in [5, 5.41) is 3.39. The second-order valence-corrected chi connectivity index (χ2v) is 4.16. The first-order chi connectivity index (χ1) is 8.71. The Morgan fingerprint density at radius 1 is 1.21 bits per heavy atom. The van der Waals surface area contributed by atoms with Crippen LogP contribution in [0.5, 0.6) is 11.5 Å². The number of halogens is 1. The van der Waals surface area contributed by atoms with Gasteiger partial charge >= 0.3 is 0 Å². The molecule has 0 radical (unpaired) electrons. The van der Waals surface area contributed by atoms with E-state index in [9.17, 15) is 0 Å². The maximum atomic E-state index is 5.55. The topological polar surface area (TPSA) is 39.7 Å². The van der Waals surface area contributed by atoms with E-state index >= 15 is 0 Å². The Hall–Kier alpha value is -0.970. The average molecular weight is 290 g/mol. The molecular formula is C14H24ClNO3. The molecule has 0 bridgehead atoms. The van der Waals surface area contributed by atoms with E-state index < -0.39 is 0 Å². The number of hydrogen-bond acceptors (Lipinski definition) is 4. The molecule has 0 aromatic heterocycles. The summed E-state index contributed by atoms with van der Waals surface area (Å²) in [6, 6.07) is 6.30. The minimum absolute atomic E-state index is 0. The summed E-state index contributed by atoms with van der Waals surface area (Å²) in [6.07, 6.45) is 0. The number of nitrogens with one attached hydrogen (secondary N) is 1. The Kier molecular flexibility index (Phi) is 9.39. The Bertz CT molecular complexity index is 361. The van der Waals surface area contributed by atoms with Crippen molar-refractivity contribution in [1.82, 2.24) is 5.32 Å². The van der Waals surface area contributed by atoms with Gasteiger partial charge in [-0.05, 0) is 31.5 Å². The van der Waals surface area contributed by atoms with Crippen LogP contribution in [-0.2, 0) is 11.3 Å². The van der Waals surface area contributed by atoms with Crippen LogP contribution in [0.2, 0.25) is 0 Å². The van der Waals surface area contributed by atoms with Crippen LogP contribution in [0.15, 0.2) is 18.2 Å². The predicted molar refractivity (Wildman–Crippen MR) is 79.6 cm³/mol. The zero-order valence-electron chi connectivity index (χ0n) is 12.1. The lowest BCUT2D eigenvalue weighted by molar-refractivity contribution is 0.171. The van der Waals surface area contributed by atoms with Crippen molar-refractivity contribution in [2.75, 3.05) is 27.4 Å². The third kappa shape index (κ3) is 6.14. The molecule has 1 aromatic rings. The van der Waals surface area contributed by atoms with Gasteiger partial charge in [-0.25, -0.2) is 0 Å². The number of methoxy groups -OCH3 is 2. The smallest absolute Gasteiger partial charge is 0.161 e. The van der Waals surface area contributed by atoms with Crippen LogP contribution in [0, 0.1) is 0 Å². The first-order valence-corrected chi connectivity index (χ1v) is 6.23. The van der Waals surface area contributed by atoms with Crippen LogP contribution in [0.3, 0.4) is 0 Å². The van der Waals surface area contributed by atoms with Crippen molar-refractivity contribution in [2.45, 2.75) is 26.4 Å². The van der Waals surface area contributed by atoms with E-state index in [-0.39, 0.29) is 12.4 Å². The summed E-state index contributed by atoms with van der Waals surface area (Å²) in [7, 11) is 3.36. The first kappa shape index (κ1) is 18.0. The minimum atomic E-state index is 0. The summed E-state index contributed by atoms with van der Waals surface area (Å²) >= 11 is 0. The van der Waals surface area contributed by atoms with E-state index in [0.717, 1.165) is 18.0 Å². The third-order valence-corrected chi connectivity index (χ3v) is 2.60. The van der Waals surface area contributed by atoms with Gasteiger partial charge < -0.3 is 19.5 Å². The predicted octanol–water partition coefficient (Wildman–Crippen LogP) is 2.64. The van der Waals surface area contributed by atoms with Gasteiger partial charge in [-0.3, -0.25) is 0 Å². The van der Waals surface area contributed by atoms with E-state index in [0.29, 0.717) is 19.3 Å². The van der Waals surface area contributed by atoms with Gasteiger partial charge in [0.15, 0.2) is 11.5 Å². The fraction of sp³-hybridized carbons (Fsp3) is 0.571. The number of hydrogen-bond donors (Lipinski definition) is 1. The van der Waals surface area contributed by atoms with E-state index in [2.05, 4.69) is 12.2 Å². The summed E-state index contributed by atoms with van der Waals surface area (Å²) in [6.45, 7) is 6.18. The van der Waals surface area contributed by atoms with Crippen molar-refractivity contribution in [2.24, 2.45) is 0 Å². The second-order valence-electron chi connectivity index (χ2n) is 4.16. The molecule has 4 nitrogen and oxygen atoms in total. The molecule has 0 heterocycles. The highest BCUT2D eigenvalue weighted by Crippen LogP contribution is 2.27. The Labute approximate surface area is 121 Å². The Morgan fingerprint density at radius 2 is 1.95 bits per heavy atom. The molecule has 0 amide bonds. The zero-order valence-corrected chi connectivity index (χ0v) is 12.9. The molecule has 0 fully saturated rings. The molecule has 0 spiro atoms. The summed E-state index contributed by atoms with van der Waals surface area (Å²) < 4.78 is 15.9. The lowest BCUT2D eigenvalue weighted by atomic mass is 10.2. The van der Waals surface area contributed by atoms with Gasteiger partial charge in [-0.15, -0.1) is 12.4 Å². The second kappa shape index (κ2) is 9.89. The van der Waals surface area contributed by atoms with Crippen molar-refractivity contribution >= 4 is 12.4 Å². The van der Waals surface area contributed by atoms with Gasteiger partial charge in [0.05, 0.1) is 20.3 Å². The monoisotopic (exact) mass is 289 g/mol. The highest BCUT2D eigenvalue weighted by molar-refractivity contribution is 5.85. The van der Waals surface area contributed by atoms with Crippen LogP contribution >= 0.6 is 12.4 Å². The number of ether oxygens (including phenoxy) is 3. The largest absolute Gasteiger partial charge is 0.493 e. The molecule has 1 rings (SSSR count). The van der Waals surface area contributed by atoms with Crippen molar-refractivity contribution < 1.29 is 14.2 Å². The molecule has 0 aliphatic carbocycles. The molecule has 1 unspecified atom stereocenters. The van der Waals surface area contributed by atoms with Gasteiger partial charge in [0.25, 0.3) is 0 Å². The van der Waals surface area contributed by atoms with Gasteiger partial charge in [-0.2, -0.15) is 0 Å².